The lowest BCUT2D eigenvalue weighted by Gasteiger charge is -2.06. The number of hydrogen-bond acceptors (Lipinski definition) is 2. The van der Waals surface area contributed by atoms with Crippen molar-refractivity contribution in [3.63, 3.8) is 0 Å². The van der Waals surface area contributed by atoms with Crippen molar-refractivity contribution in [2.75, 3.05) is 0 Å². The predicted molar refractivity (Wildman–Crippen MR) is 80.6 cm³/mol. The van der Waals surface area contributed by atoms with Gasteiger partial charge in [0.2, 0.25) is 0 Å². The molecular weight excluding hydrogens is 300 g/mol. The second-order valence-electron chi connectivity index (χ2n) is 4.13. The van der Waals surface area contributed by atoms with Crippen molar-refractivity contribution in [1.82, 2.24) is 9.97 Å². The first-order chi connectivity index (χ1) is 9.34. The van der Waals surface area contributed by atoms with E-state index in [9.17, 15) is 0 Å². The van der Waals surface area contributed by atoms with Gasteiger partial charge in [0.05, 0.1) is 0 Å². The van der Waals surface area contributed by atoms with E-state index in [0.29, 0.717) is 0 Å². The van der Waals surface area contributed by atoms with Crippen LogP contribution in [0.5, 0.6) is 0 Å². The highest BCUT2D eigenvalue weighted by Gasteiger charge is 2.05. The molecule has 0 amide bonds. The standard InChI is InChI=1S/C16H11BrN2/c17-15-8-2-1-7-14(15)12-5-3-6-13(11-12)16-18-9-4-10-19-16/h1-11H. The van der Waals surface area contributed by atoms with E-state index in [2.05, 4.69) is 44.1 Å². The van der Waals surface area contributed by atoms with Gasteiger partial charge in [-0.1, -0.05) is 52.3 Å². The molecule has 2 nitrogen and oxygen atoms in total. The zero-order valence-corrected chi connectivity index (χ0v) is 11.7. The Bertz CT molecular complexity index is 696. The fraction of sp³-hybridized carbons (Fsp3) is 0. The monoisotopic (exact) mass is 310 g/mol. The Morgan fingerprint density at radius 2 is 1.47 bits per heavy atom. The van der Waals surface area contributed by atoms with Crippen molar-refractivity contribution in [1.29, 1.82) is 0 Å². The van der Waals surface area contributed by atoms with Crippen LogP contribution >= 0.6 is 15.9 Å². The normalized spacial score (nSPS) is 10.4. The van der Waals surface area contributed by atoms with E-state index in [1.165, 1.54) is 5.56 Å². The highest BCUT2D eigenvalue weighted by atomic mass is 79.9. The highest BCUT2D eigenvalue weighted by Crippen LogP contribution is 2.30. The summed E-state index contributed by atoms with van der Waals surface area (Å²) in [4.78, 5) is 8.57. The van der Waals surface area contributed by atoms with Gasteiger partial charge in [-0.05, 0) is 29.3 Å². The second kappa shape index (κ2) is 5.33. The van der Waals surface area contributed by atoms with Gasteiger partial charge in [-0.3, -0.25) is 0 Å². The van der Waals surface area contributed by atoms with Gasteiger partial charge < -0.3 is 0 Å². The molecule has 0 aliphatic heterocycles. The van der Waals surface area contributed by atoms with Crippen molar-refractivity contribution in [2.45, 2.75) is 0 Å². The summed E-state index contributed by atoms with van der Waals surface area (Å²) in [6.45, 7) is 0. The quantitative estimate of drug-likeness (QED) is 0.692. The minimum absolute atomic E-state index is 0.747. The summed E-state index contributed by atoms with van der Waals surface area (Å²) < 4.78 is 1.08. The van der Waals surface area contributed by atoms with Crippen LogP contribution in [0.2, 0.25) is 0 Å². The second-order valence-corrected chi connectivity index (χ2v) is 4.99. The van der Waals surface area contributed by atoms with Gasteiger partial charge in [-0.2, -0.15) is 0 Å². The molecule has 0 unspecified atom stereocenters. The highest BCUT2D eigenvalue weighted by molar-refractivity contribution is 9.10. The Balaban J connectivity index is 2.09. The first-order valence-electron chi connectivity index (χ1n) is 5.97. The van der Waals surface area contributed by atoms with Crippen molar-refractivity contribution in [3.8, 4) is 22.5 Å². The molecule has 1 aromatic heterocycles. The van der Waals surface area contributed by atoms with Gasteiger partial charge in [0.15, 0.2) is 5.82 Å². The summed E-state index contributed by atoms with van der Waals surface area (Å²) >= 11 is 3.58. The molecule has 2 aromatic carbocycles. The van der Waals surface area contributed by atoms with Crippen LogP contribution < -0.4 is 0 Å². The lowest BCUT2D eigenvalue weighted by Crippen LogP contribution is -1.87. The van der Waals surface area contributed by atoms with E-state index in [-0.39, 0.29) is 0 Å². The van der Waals surface area contributed by atoms with Crippen LogP contribution in [0.3, 0.4) is 0 Å². The van der Waals surface area contributed by atoms with Crippen LogP contribution in [-0.2, 0) is 0 Å². The molecule has 0 atom stereocenters. The summed E-state index contributed by atoms with van der Waals surface area (Å²) in [5, 5.41) is 0. The SMILES string of the molecule is Brc1ccccc1-c1cccc(-c2ncccn2)c1. The van der Waals surface area contributed by atoms with Gasteiger partial charge in [-0.25, -0.2) is 9.97 Å². The third-order valence-corrected chi connectivity index (χ3v) is 3.56. The van der Waals surface area contributed by atoms with Gasteiger partial charge in [0, 0.05) is 22.4 Å². The topological polar surface area (TPSA) is 25.8 Å². The molecule has 0 spiro atoms. The first kappa shape index (κ1) is 12.1. The number of hydrogen-bond donors (Lipinski definition) is 0. The average molecular weight is 311 g/mol. The summed E-state index contributed by atoms with van der Waals surface area (Å²) in [7, 11) is 0. The lowest BCUT2D eigenvalue weighted by molar-refractivity contribution is 1.18. The van der Waals surface area contributed by atoms with E-state index in [0.717, 1.165) is 21.4 Å². The number of aromatic nitrogens is 2. The molecule has 0 aliphatic carbocycles. The van der Waals surface area contributed by atoms with Crippen LogP contribution in [0, 0.1) is 0 Å². The number of halogens is 1. The molecule has 0 fully saturated rings. The molecule has 1 heterocycles. The van der Waals surface area contributed by atoms with Crippen molar-refractivity contribution in [3.05, 3.63) is 71.5 Å². The molecule has 19 heavy (non-hydrogen) atoms. The Hall–Kier alpha value is -2.00. The van der Waals surface area contributed by atoms with E-state index in [4.69, 9.17) is 0 Å². The Kier molecular flexibility index (Phi) is 3.38. The lowest BCUT2D eigenvalue weighted by atomic mass is 10.0. The fourth-order valence-corrected chi connectivity index (χ4v) is 2.48. The van der Waals surface area contributed by atoms with E-state index >= 15 is 0 Å². The molecular formula is C16H11BrN2. The van der Waals surface area contributed by atoms with E-state index in [1.54, 1.807) is 12.4 Å². The molecule has 92 valence electrons. The number of benzene rings is 2. The third-order valence-electron chi connectivity index (χ3n) is 2.87. The number of rotatable bonds is 2. The summed E-state index contributed by atoms with van der Waals surface area (Å²) in [5.74, 6) is 0.747. The van der Waals surface area contributed by atoms with Gasteiger partial charge in [0.25, 0.3) is 0 Å². The van der Waals surface area contributed by atoms with Crippen molar-refractivity contribution in [2.24, 2.45) is 0 Å². The maximum atomic E-state index is 4.28. The Morgan fingerprint density at radius 3 is 2.26 bits per heavy atom. The molecule has 0 radical (unpaired) electrons. The molecule has 0 bridgehead atoms. The van der Waals surface area contributed by atoms with Crippen LogP contribution in [-0.4, -0.2) is 9.97 Å². The zero-order chi connectivity index (χ0) is 13.1. The molecule has 0 N–H and O–H groups in total. The van der Waals surface area contributed by atoms with Gasteiger partial charge in [-0.15, -0.1) is 0 Å². The summed E-state index contributed by atoms with van der Waals surface area (Å²) in [6.07, 6.45) is 3.51. The first-order valence-corrected chi connectivity index (χ1v) is 6.76. The van der Waals surface area contributed by atoms with Crippen LogP contribution in [0.25, 0.3) is 22.5 Å². The van der Waals surface area contributed by atoms with Crippen LogP contribution in [0.1, 0.15) is 0 Å². The molecule has 0 aliphatic rings. The smallest absolute Gasteiger partial charge is 0.159 e. The summed E-state index contributed by atoms with van der Waals surface area (Å²) in [5.41, 5.74) is 3.34. The van der Waals surface area contributed by atoms with Crippen molar-refractivity contribution < 1.29 is 0 Å². The maximum Gasteiger partial charge on any atom is 0.159 e. The van der Waals surface area contributed by atoms with Gasteiger partial charge in [0.1, 0.15) is 0 Å². The largest absolute Gasteiger partial charge is 0.237 e. The Morgan fingerprint density at radius 1 is 0.737 bits per heavy atom. The molecule has 0 saturated carbocycles. The minimum Gasteiger partial charge on any atom is -0.237 e. The molecule has 0 saturated heterocycles. The zero-order valence-electron chi connectivity index (χ0n) is 10.1. The number of nitrogens with zero attached hydrogens (tertiary/aromatic N) is 2. The van der Waals surface area contributed by atoms with Crippen molar-refractivity contribution >= 4 is 15.9 Å². The van der Waals surface area contributed by atoms with Crippen LogP contribution in [0.4, 0.5) is 0 Å². The predicted octanol–water partition coefficient (Wildman–Crippen LogP) is 4.57. The van der Waals surface area contributed by atoms with Crippen LogP contribution in [0.15, 0.2) is 71.5 Å². The molecule has 3 rings (SSSR count). The van der Waals surface area contributed by atoms with E-state index in [1.807, 2.05) is 36.4 Å². The van der Waals surface area contributed by atoms with E-state index < -0.39 is 0 Å². The summed E-state index contributed by atoms with van der Waals surface area (Å²) in [6, 6.07) is 18.2. The fourth-order valence-electron chi connectivity index (χ4n) is 1.97. The Labute approximate surface area is 120 Å². The third kappa shape index (κ3) is 2.56. The maximum absolute atomic E-state index is 4.28. The van der Waals surface area contributed by atoms with Gasteiger partial charge >= 0.3 is 0 Å². The average Bonchev–Trinajstić information content (AvgIpc) is 2.49. The molecule has 3 aromatic rings. The molecule has 3 heteroatoms. The minimum atomic E-state index is 0.747.